The van der Waals surface area contributed by atoms with E-state index in [4.69, 9.17) is 34.0 Å². The van der Waals surface area contributed by atoms with E-state index < -0.39 is 78.0 Å². The number of nitrogens with zero attached hydrogens (tertiary/aromatic N) is 5. The molecule has 6 rings (SSSR count). The molecule has 3 aromatic heterocycles. The zero-order chi connectivity index (χ0) is 26.8. The number of fused-ring (bicyclic) bond motifs is 6. The molecule has 15 nitrogen and oxygen atoms in total. The Hall–Kier alpha value is -2.35. The third-order valence-corrected chi connectivity index (χ3v) is 8.20. The first-order chi connectivity index (χ1) is 18.0. The van der Waals surface area contributed by atoms with Crippen LogP contribution < -0.4 is 0 Å². The number of halogens is 2. The first-order valence-corrected chi connectivity index (χ1v) is 14.1. The van der Waals surface area contributed by atoms with Gasteiger partial charge in [-0.1, -0.05) is 5.92 Å². The van der Waals surface area contributed by atoms with Gasteiger partial charge < -0.3 is 23.8 Å². The average Bonchev–Trinajstić information content (AvgIpc) is 3.60. The zero-order valence-corrected chi connectivity index (χ0v) is 20.8. The van der Waals surface area contributed by atoms with Crippen molar-refractivity contribution in [2.75, 3.05) is 13.2 Å². The Labute approximate surface area is 211 Å². The lowest BCUT2D eigenvalue weighted by Crippen LogP contribution is -2.34. The van der Waals surface area contributed by atoms with Crippen LogP contribution in [0.5, 0.6) is 0 Å². The van der Waals surface area contributed by atoms with Crippen molar-refractivity contribution in [3.05, 3.63) is 24.9 Å². The van der Waals surface area contributed by atoms with E-state index in [0.29, 0.717) is 16.9 Å². The second-order valence-electron chi connectivity index (χ2n) is 8.62. The third kappa shape index (κ3) is 4.56. The van der Waals surface area contributed by atoms with Crippen LogP contribution in [0.15, 0.2) is 24.9 Å². The molecular formula is C19H19F2N5O10P2. The molecule has 3 fully saturated rings. The highest BCUT2D eigenvalue weighted by Crippen LogP contribution is 2.53. The lowest BCUT2D eigenvalue weighted by molar-refractivity contribution is -0.0528. The Kier molecular flexibility index (Phi) is 6.40. The molecule has 6 heterocycles. The summed E-state index contributed by atoms with van der Waals surface area (Å²) in [4.78, 5) is 32.9. The first kappa shape index (κ1) is 25.9. The number of terminal acetylenes is 1. The number of hydrogen-bond donors (Lipinski definition) is 2. The predicted octanol–water partition coefficient (Wildman–Crippen LogP) is 1.07. The second-order valence-corrected chi connectivity index (χ2v) is 11.4. The molecule has 0 aliphatic carbocycles. The fraction of sp³-hybridized carbons (Fsp3) is 0.526. The third-order valence-electron chi connectivity index (χ3n) is 6.23. The van der Waals surface area contributed by atoms with Crippen molar-refractivity contribution in [2.24, 2.45) is 0 Å². The lowest BCUT2D eigenvalue weighted by Gasteiger charge is -2.23. The molecule has 3 aliphatic rings. The van der Waals surface area contributed by atoms with Crippen LogP contribution in [-0.4, -0.2) is 89.8 Å². The molecule has 0 saturated carbocycles. The topological polar surface area (TPSA) is 178 Å². The summed E-state index contributed by atoms with van der Waals surface area (Å²) in [5.41, 5.74) is 0.777. The number of phosphoric ester groups is 2. The monoisotopic (exact) mass is 577 g/mol. The molecule has 3 aliphatic heterocycles. The molecule has 3 aromatic rings. The maximum atomic E-state index is 15.7. The average molecular weight is 577 g/mol. The SMILES string of the molecule is C#C[C@@H]1O[C@@H]2COP(=O)(O)O[C@H]3[C@@H](F)[C@H](n4cnc5nc6nccn6c5c4)O[C@@H]3COP(=O)(O)O[C@@H]1[C@@H]2F. The van der Waals surface area contributed by atoms with Gasteiger partial charge in [0, 0.05) is 18.6 Å². The zero-order valence-electron chi connectivity index (χ0n) is 19.0. The van der Waals surface area contributed by atoms with Crippen LogP contribution in [0.1, 0.15) is 6.23 Å². The first-order valence-electron chi connectivity index (χ1n) is 11.1. The van der Waals surface area contributed by atoms with E-state index in [-0.39, 0.29) is 0 Å². The van der Waals surface area contributed by atoms with Gasteiger partial charge in [-0.2, -0.15) is 4.98 Å². The quantitative estimate of drug-likeness (QED) is 0.310. The number of rotatable bonds is 1. The van der Waals surface area contributed by atoms with Crippen molar-refractivity contribution in [1.82, 2.24) is 23.9 Å². The van der Waals surface area contributed by atoms with E-state index in [1.165, 1.54) is 23.3 Å². The van der Waals surface area contributed by atoms with E-state index in [9.17, 15) is 23.3 Å². The van der Waals surface area contributed by atoms with E-state index >= 15 is 4.39 Å². The predicted molar refractivity (Wildman–Crippen MR) is 119 cm³/mol. The molecule has 2 unspecified atom stereocenters. The van der Waals surface area contributed by atoms with Gasteiger partial charge in [0.15, 0.2) is 24.2 Å². The minimum absolute atomic E-state index is 0.319. The Bertz CT molecular complexity index is 1510. The van der Waals surface area contributed by atoms with Gasteiger partial charge in [0.25, 0.3) is 0 Å². The normalized spacial score (nSPS) is 42.3. The van der Waals surface area contributed by atoms with Gasteiger partial charge in [-0.3, -0.25) is 22.5 Å². The maximum absolute atomic E-state index is 15.7. The Morgan fingerprint density at radius 2 is 1.74 bits per heavy atom. The largest absolute Gasteiger partial charge is 0.472 e. The van der Waals surface area contributed by atoms with Crippen LogP contribution in [0.3, 0.4) is 0 Å². The van der Waals surface area contributed by atoms with Crippen LogP contribution >= 0.6 is 15.6 Å². The summed E-state index contributed by atoms with van der Waals surface area (Å²) in [6.07, 6.45) is -2.71. The molecule has 2 bridgehead atoms. The van der Waals surface area contributed by atoms with Crippen LogP contribution in [0.25, 0.3) is 16.9 Å². The van der Waals surface area contributed by atoms with Crippen LogP contribution in [0, 0.1) is 12.3 Å². The van der Waals surface area contributed by atoms with Crippen molar-refractivity contribution in [2.45, 2.75) is 49.1 Å². The van der Waals surface area contributed by atoms with E-state index in [1.807, 2.05) is 0 Å². The molecule has 0 radical (unpaired) electrons. The van der Waals surface area contributed by atoms with Gasteiger partial charge in [-0.05, 0) is 0 Å². The molecule has 0 aromatic carbocycles. The second kappa shape index (κ2) is 9.39. The summed E-state index contributed by atoms with van der Waals surface area (Å²) >= 11 is 0. The highest BCUT2D eigenvalue weighted by Gasteiger charge is 2.54. The van der Waals surface area contributed by atoms with Crippen LogP contribution in [0.2, 0.25) is 0 Å². The van der Waals surface area contributed by atoms with Crippen molar-refractivity contribution >= 4 is 32.6 Å². The smallest absolute Gasteiger partial charge is 0.354 e. The molecule has 0 amide bonds. The van der Waals surface area contributed by atoms with Crippen LogP contribution in [-0.2, 0) is 36.7 Å². The fourth-order valence-corrected chi connectivity index (χ4v) is 6.36. The number of phosphoric acid groups is 2. The summed E-state index contributed by atoms with van der Waals surface area (Å²) in [7, 11) is -10.1. The number of imidazole rings is 2. The summed E-state index contributed by atoms with van der Waals surface area (Å²) < 4.78 is 89.2. The van der Waals surface area contributed by atoms with Gasteiger partial charge in [-0.25, -0.2) is 27.9 Å². The summed E-state index contributed by atoms with van der Waals surface area (Å²) in [5.74, 6) is 2.43. The minimum atomic E-state index is -5.04. The molecule has 0 spiro atoms. The van der Waals surface area contributed by atoms with E-state index in [2.05, 4.69) is 20.9 Å². The molecule has 38 heavy (non-hydrogen) atoms. The van der Waals surface area contributed by atoms with E-state index in [0.717, 1.165) is 0 Å². The fourth-order valence-electron chi connectivity index (χ4n) is 4.47. The molecule has 204 valence electrons. The standard InChI is InChI=1S/C19H19F2N5O10P2/c1-2-10-15-13(20)11(33-10)6-31-37(27,28)36-16-12(7-32-38(29,30)35-15)34-18(14(16)21)25-5-9-17(23-8-25)24-19-22-3-4-26(9)19/h1,3-5,8,10-16,18H,6-7H2,(H,27,28)(H,29,30)/t10-,11+,12+,13+,14+,15-,16+,18+/m0/s1. The van der Waals surface area contributed by atoms with Gasteiger partial charge in [0.05, 0.1) is 19.5 Å². The van der Waals surface area contributed by atoms with Gasteiger partial charge in [0.1, 0.15) is 36.0 Å². The van der Waals surface area contributed by atoms with Gasteiger partial charge in [0.2, 0.25) is 5.78 Å². The van der Waals surface area contributed by atoms with Crippen LogP contribution in [0.4, 0.5) is 8.78 Å². The maximum Gasteiger partial charge on any atom is 0.472 e. The minimum Gasteiger partial charge on any atom is -0.354 e. The number of aromatic nitrogens is 5. The number of hydrogen-bond acceptors (Lipinski definition) is 11. The molecule has 10 atom stereocenters. The summed E-state index contributed by atoms with van der Waals surface area (Å²) in [5, 5.41) is 0. The number of alkyl halides is 2. The van der Waals surface area contributed by atoms with E-state index in [1.54, 1.807) is 10.6 Å². The highest BCUT2D eigenvalue weighted by molar-refractivity contribution is 7.47. The Morgan fingerprint density at radius 3 is 2.47 bits per heavy atom. The van der Waals surface area contributed by atoms with Crippen molar-refractivity contribution < 1.29 is 55.3 Å². The summed E-state index contributed by atoms with van der Waals surface area (Å²) in [6.45, 7) is -1.72. The lowest BCUT2D eigenvalue weighted by atomic mass is 10.1. The molecule has 2 N–H and O–H groups in total. The van der Waals surface area contributed by atoms with Crippen molar-refractivity contribution in [3.8, 4) is 12.3 Å². The van der Waals surface area contributed by atoms with Gasteiger partial charge in [-0.15, -0.1) is 6.42 Å². The number of ether oxygens (including phenoxy) is 2. The molecular weight excluding hydrogens is 558 g/mol. The highest BCUT2D eigenvalue weighted by atomic mass is 31.2. The Balaban J connectivity index is 1.31. The summed E-state index contributed by atoms with van der Waals surface area (Å²) in [6, 6.07) is 0. The molecule has 3 saturated heterocycles. The van der Waals surface area contributed by atoms with Crippen molar-refractivity contribution in [1.29, 1.82) is 0 Å². The molecule has 19 heteroatoms. The van der Waals surface area contributed by atoms with Gasteiger partial charge >= 0.3 is 15.6 Å². The Morgan fingerprint density at radius 1 is 1.03 bits per heavy atom. The van der Waals surface area contributed by atoms with Crippen molar-refractivity contribution in [3.63, 3.8) is 0 Å².